The average molecular weight is 258 g/mol. The average Bonchev–Trinajstić information content (AvgIpc) is 2.36. The second kappa shape index (κ2) is 5.53. The highest BCUT2D eigenvalue weighted by Gasteiger charge is 2.11. The number of benzene rings is 1. The Morgan fingerprint density at radius 2 is 1.95 bits per heavy atom. The first-order valence-electron chi connectivity index (χ1n) is 6.64. The Morgan fingerprint density at radius 3 is 2.68 bits per heavy atom. The quantitative estimate of drug-likeness (QED) is 0.914. The smallest absolute Gasteiger partial charge is 0.158 e. The molecule has 2 aromatic rings. The maximum atomic E-state index is 4.27. The number of fused-ring (bicyclic) bond motifs is 1. The van der Waals surface area contributed by atoms with Gasteiger partial charge < -0.3 is 10.2 Å². The molecule has 1 aromatic heterocycles. The Labute approximate surface area is 114 Å². The van der Waals surface area contributed by atoms with E-state index >= 15 is 0 Å². The van der Waals surface area contributed by atoms with Crippen LogP contribution in [0.5, 0.6) is 0 Å². The van der Waals surface area contributed by atoms with Crippen LogP contribution in [0, 0.1) is 0 Å². The number of hydrogen-bond donors (Lipinski definition) is 1. The molecule has 1 heterocycles. The molecule has 0 aliphatic heterocycles. The molecular weight excluding hydrogens is 236 g/mol. The summed E-state index contributed by atoms with van der Waals surface area (Å²) in [6, 6.07) is 8.21. The van der Waals surface area contributed by atoms with E-state index in [1.165, 1.54) is 0 Å². The molecule has 0 saturated heterocycles. The van der Waals surface area contributed by atoms with Crippen LogP contribution in [-0.2, 0) is 0 Å². The number of aromatic nitrogens is 2. The summed E-state index contributed by atoms with van der Waals surface area (Å²) < 4.78 is 0. The van der Waals surface area contributed by atoms with E-state index in [1.54, 1.807) is 6.20 Å². The largest absolute Gasteiger partial charge is 0.356 e. The van der Waals surface area contributed by atoms with Gasteiger partial charge in [-0.1, -0.05) is 24.3 Å². The first-order chi connectivity index (χ1) is 8.97. The van der Waals surface area contributed by atoms with E-state index in [0.29, 0.717) is 0 Å². The molecule has 0 bridgehead atoms. The third kappa shape index (κ3) is 3.64. The number of anilines is 1. The van der Waals surface area contributed by atoms with Gasteiger partial charge in [0.05, 0.1) is 6.20 Å². The van der Waals surface area contributed by atoms with Crippen LogP contribution >= 0.6 is 0 Å². The van der Waals surface area contributed by atoms with Gasteiger partial charge in [-0.05, 0) is 20.8 Å². The number of hydrogen-bond acceptors (Lipinski definition) is 4. The molecule has 0 spiro atoms. The van der Waals surface area contributed by atoms with Gasteiger partial charge in [-0.2, -0.15) is 5.10 Å². The maximum absolute atomic E-state index is 4.27. The summed E-state index contributed by atoms with van der Waals surface area (Å²) >= 11 is 0. The Bertz CT molecular complexity index is 540. The molecule has 0 fully saturated rings. The summed E-state index contributed by atoms with van der Waals surface area (Å²) in [7, 11) is 2.06. The molecular formula is C15H22N4. The topological polar surface area (TPSA) is 41.0 Å². The van der Waals surface area contributed by atoms with E-state index in [-0.39, 0.29) is 5.54 Å². The van der Waals surface area contributed by atoms with E-state index in [4.69, 9.17) is 0 Å². The molecule has 0 aliphatic rings. The summed E-state index contributed by atoms with van der Waals surface area (Å²) in [5.41, 5.74) is 0.144. The first kappa shape index (κ1) is 13.7. The van der Waals surface area contributed by atoms with Gasteiger partial charge in [-0.3, -0.25) is 0 Å². The van der Waals surface area contributed by atoms with Crippen molar-refractivity contribution < 1.29 is 0 Å². The molecule has 102 valence electrons. The first-order valence-corrected chi connectivity index (χ1v) is 6.64. The van der Waals surface area contributed by atoms with Crippen LogP contribution in [0.3, 0.4) is 0 Å². The fourth-order valence-corrected chi connectivity index (χ4v) is 2.00. The van der Waals surface area contributed by atoms with Crippen molar-refractivity contribution in [3.8, 4) is 0 Å². The van der Waals surface area contributed by atoms with Crippen molar-refractivity contribution in [1.29, 1.82) is 0 Å². The lowest BCUT2D eigenvalue weighted by molar-refractivity contribution is 0.430. The van der Waals surface area contributed by atoms with Gasteiger partial charge in [-0.25, -0.2) is 0 Å². The van der Waals surface area contributed by atoms with Gasteiger partial charge in [0.15, 0.2) is 5.82 Å². The van der Waals surface area contributed by atoms with Gasteiger partial charge in [0.2, 0.25) is 0 Å². The van der Waals surface area contributed by atoms with Crippen LogP contribution in [0.2, 0.25) is 0 Å². The summed E-state index contributed by atoms with van der Waals surface area (Å²) in [5, 5.41) is 14.1. The minimum atomic E-state index is 0.144. The fraction of sp³-hybridized carbons (Fsp3) is 0.467. The number of rotatable bonds is 4. The molecule has 4 nitrogen and oxygen atoms in total. The minimum absolute atomic E-state index is 0.144. The lowest BCUT2D eigenvalue weighted by atomic mass is 10.1. The highest BCUT2D eigenvalue weighted by molar-refractivity contribution is 5.91. The molecule has 0 unspecified atom stereocenters. The zero-order chi connectivity index (χ0) is 13.9. The van der Waals surface area contributed by atoms with Crippen molar-refractivity contribution in [2.75, 3.05) is 25.0 Å². The normalized spacial score (nSPS) is 11.8. The zero-order valence-corrected chi connectivity index (χ0v) is 12.1. The minimum Gasteiger partial charge on any atom is -0.356 e. The van der Waals surface area contributed by atoms with E-state index < -0.39 is 0 Å². The van der Waals surface area contributed by atoms with Crippen molar-refractivity contribution in [2.45, 2.75) is 26.3 Å². The summed E-state index contributed by atoms with van der Waals surface area (Å²) in [6.45, 7) is 8.34. The Kier molecular flexibility index (Phi) is 4.00. The van der Waals surface area contributed by atoms with E-state index in [2.05, 4.69) is 60.4 Å². The highest BCUT2D eigenvalue weighted by atomic mass is 15.2. The summed E-state index contributed by atoms with van der Waals surface area (Å²) in [5.74, 6) is 0.939. The third-order valence-electron chi connectivity index (χ3n) is 3.02. The van der Waals surface area contributed by atoms with Crippen molar-refractivity contribution >= 4 is 16.6 Å². The van der Waals surface area contributed by atoms with Gasteiger partial charge in [0, 0.05) is 36.4 Å². The Hall–Kier alpha value is -1.68. The zero-order valence-electron chi connectivity index (χ0n) is 12.1. The Balaban J connectivity index is 2.11. The van der Waals surface area contributed by atoms with Crippen LogP contribution in [0.4, 0.5) is 5.82 Å². The van der Waals surface area contributed by atoms with Gasteiger partial charge in [-0.15, -0.1) is 5.10 Å². The standard InChI is InChI=1S/C15H22N4/c1-15(2,3)16-9-10-19(4)14-13-8-6-5-7-12(13)11-17-18-14/h5-8,11,16H,9-10H2,1-4H3. The highest BCUT2D eigenvalue weighted by Crippen LogP contribution is 2.21. The molecule has 1 aromatic carbocycles. The SMILES string of the molecule is CN(CCNC(C)(C)C)c1nncc2ccccc12. The van der Waals surface area contributed by atoms with Crippen molar-refractivity contribution in [1.82, 2.24) is 15.5 Å². The Morgan fingerprint density at radius 1 is 1.21 bits per heavy atom. The maximum Gasteiger partial charge on any atom is 0.158 e. The third-order valence-corrected chi connectivity index (χ3v) is 3.02. The number of nitrogens with zero attached hydrogens (tertiary/aromatic N) is 3. The van der Waals surface area contributed by atoms with Crippen LogP contribution in [-0.4, -0.2) is 35.9 Å². The number of nitrogens with one attached hydrogen (secondary N) is 1. The predicted octanol–water partition coefficient (Wildman–Crippen LogP) is 2.45. The molecule has 0 radical (unpaired) electrons. The molecule has 0 atom stereocenters. The van der Waals surface area contributed by atoms with E-state index in [0.717, 1.165) is 29.7 Å². The van der Waals surface area contributed by atoms with Crippen LogP contribution in [0.25, 0.3) is 10.8 Å². The van der Waals surface area contributed by atoms with Crippen LogP contribution in [0.15, 0.2) is 30.5 Å². The second-order valence-corrected chi connectivity index (χ2v) is 5.85. The van der Waals surface area contributed by atoms with Gasteiger partial charge in [0.25, 0.3) is 0 Å². The number of likely N-dealkylation sites (N-methyl/N-ethyl adjacent to an activating group) is 1. The van der Waals surface area contributed by atoms with E-state index in [1.807, 2.05) is 12.1 Å². The molecule has 0 amide bonds. The monoisotopic (exact) mass is 258 g/mol. The predicted molar refractivity (Wildman–Crippen MR) is 80.6 cm³/mol. The molecule has 0 aliphatic carbocycles. The molecule has 0 saturated carbocycles. The summed E-state index contributed by atoms with van der Waals surface area (Å²) in [6.07, 6.45) is 1.81. The molecule has 19 heavy (non-hydrogen) atoms. The summed E-state index contributed by atoms with van der Waals surface area (Å²) in [4.78, 5) is 2.15. The molecule has 2 rings (SSSR count). The lowest BCUT2D eigenvalue weighted by Gasteiger charge is -2.24. The van der Waals surface area contributed by atoms with Crippen molar-refractivity contribution in [2.24, 2.45) is 0 Å². The fourth-order valence-electron chi connectivity index (χ4n) is 2.00. The van der Waals surface area contributed by atoms with Crippen molar-refractivity contribution in [3.63, 3.8) is 0 Å². The van der Waals surface area contributed by atoms with Gasteiger partial charge >= 0.3 is 0 Å². The second-order valence-electron chi connectivity index (χ2n) is 5.85. The van der Waals surface area contributed by atoms with Crippen LogP contribution in [0.1, 0.15) is 20.8 Å². The lowest BCUT2D eigenvalue weighted by Crippen LogP contribution is -2.40. The van der Waals surface area contributed by atoms with E-state index in [9.17, 15) is 0 Å². The van der Waals surface area contributed by atoms with Gasteiger partial charge in [0.1, 0.15) is 0 Å². The van der Waals surface area contributed by atoms with Crippen LogP contribution < -0.4 is 10.2 Å². The molecule has 4 heteroatoms. The molecule has 1 N–H and O–H groups in total. The van der Waals surface area contributed by atoms with Crippen molar-refractivity contribution in [3.05, 3.63) is 30.5 Å².